The van der Waals surface area contributed by atoms with Gasteiger partial charge in [0.05, 0.1) is 34.9 Å². The van der Waals surface area contributed by atoms with Gasteiger partial charge in [-0.1, -0.05) is 19.1 Å². The predicted molar refractivity (Wildman–Crippen MR) is 98.1 cm³/mol. The monoisotopic (exact) mass is 319 g/mol. The second-order valence-electron chi connectivity index (χ2n) is 6.07. The Bertz CT molecular complexity index is 996. The average Bonchev–Trinajstić information content (AvgIpc) is 3.15. The molecule has 0 bridgehead atoms. The first kappa shape index (κ1) is 14.8. The number of fused-ring (bicyclic) bond motifs is 2. The highest BCUT2D eigenvalue weighted by molar-refractivity contribution is 5.79. The van der Waals surface area contributed by atoms with Gasteiger partial charge in [0.1, 0.15) is 5.82 Å². The lowest BCUT2D eigenvalue weighted by atomic mass is 10.2. The van der Waals surface area contributed by atoms with Gasteiger partial charge in [-0.15, -0.1) is 0 Å². The summed E-state index contributed by atoms with van der Waals surface area (Å²) < 4.78 is 4.33. The molecule has 2 heterocycles. The summed E-state index contributed by atoms with van der Waals surface area (Å²) in [5.41, 5.74) is 5.47. The molecule has 0 atom stereocenters. The number of hydrogen-bond donors (Lipinski definition) is 1. The predicted octanol–water partition coefficient (Wildman–Crippen LogP) is 3.95. The van der Waals surface area contributed by atoms with Crippen molar-refractivity contribution in [2.24, 2.45) is 7.05 Å². The summed E-state index contributed by atoms with van der Waals surface area (Å²) >= 11 is 0. The van der Waals surface area contributed by atoms with Crippen molar-refractivity contribution in [1.29, 1.82) is 0 Å². The molecule has 0 aliphatic carbocycles. The molecule has 1 N–H and O–H groups in total. The Kier molecular flexibility index (Phi) is 3.69. The van der Waals surface area contributed by atoms with Crippen molar-refractivity contribution in [3.05, 3.63) is 54.6 Å². The molecule has 24 heavy (non-hydrogen) atoms. The van der Waals surface area contributed by atoms with Crippen molar-refractivity contribution in [3.63, 3.8) is 0 Å². The van der Waals surface area contributed by atoms with E-state index in [0.717, 1.165) is 41.0 Å². The normalized spacial score (nSPS) is 11.4. The van der Waals surface area contributed by atoms with Gasteiger partial charge in [-0.2, -0.15) is 0 Å². The van der Waals surface area contributed by atoms with Crippen LogP contribution in [0.2, 0.25) is 0 Å². The molecule has 0 spiro atoms. The van der Waals surface area contributed by atoms with Gasteiger partial charge in [0.15, 0.2) is 0 Å². The topological polar surface area (TPSA) is 47.7 Å². The number of aromatic nitrogens is 4. The highest BCUT2D eigenvalue weighted by atomic mass is 15.1. The quantitative estimate of drug-likeness (QED) is 0.606. The van der Waals surface area contributed by atoms with Crippen molar-refractivity contribution < 1.29 is 0 Å². The summed E-state index contributed by atoms with van der Waals surface area (Å²) in [5, 5.41) is 3.46. The van der Waals surface area contributed by atoms with Crippen molar-refractivity contribution in [1.82, 2.24) is 19.1 Å². The molecule has 0 saturated heterocycles. The Hall–Kier alpha value is -2.82. The number of aryl methyl sites for hydroxylation is 2. The van der Waals surface area contributed by atoms with Crippen LogP contribution in [0.3, 0.4) is 0 Å². The van der Waals surface area contributed by atoms with Gasteiger partial charge < -0.3 is 14.5 Å². The van der Waals surface area contributed by atoms with Crippen LogP contribution in [-0.2, 0) is 20.1 Å². The smallest absolute Gasteiger partial charge is 0.128 e. The standard InChI is InChI=1S/C19H21N5/c1-3-10-24-13-21-16-11-14(8-9-18(16)24)20-12-19-22-15-6-4-5-7-17(15)23(19)2/h4-9,11,13,20H,3,10,12H2,1-2H3. The van der Waals surface area contributed by atoms with Crippen molar-refractivity contribution in [2.75, 3.05) is 5.32 Å². The molecule has 0 radical (unpaired) electrons. The fourth-order valence-electron chi connectivity index (χ4n) is 3.13. The Morgan fingerprint density at radius 3 is 2.75 bits per heavy atom. The first-order valence-electron chi connectivity index (χ1n) is 8.35. The van der Waals surface area contributed by atoms with E-state index in [1.54, 1.807) is 0 Å². The minimum Gasteiger partial charge on any atom is -0.378 e. The fourth-order valence-corrected chi connectivity index (χ4v) is 3.13. The SMILES string of the molecule is CCCn1cnc2cc(NCc3nc4ccccc4n3C)ccc21. The van der Waals surface area contributed by atoms with Crippen LogP contribution in [0.5, 0.6) is 0 Å². The van der Waals surface area contributed by atoms with E-state index < -0.39 is 0 Å². The zero-order valence-corrected chi connectivity index (χ0v) is 14.0. The Labute approximate surface area is 141 Å². The molecule has 0 unspecified atom stereocenters. The third-order valence-corrected chi connectivity index (χ3v) is 4.42. The molecule has 0 aliphatic heterocycles. The van der Waals surface area contributed by atoms with Gasteiger partial charge in [0.25, 0.3) is 0 Å². The number of hydrogen-bond acceptors (Lipinski definition) is 3. The van der Waals surface area contributed by atoms with Crippen LogP contribution in [0.15, 0.2) is 48.8 Å². The third kappa shape index (κ3) is 2.52. The first-order valence-corrected chi connectivity index (χ1v) is 8.35. The highest BCUT2D eigenvalue weighted by Crippen LogP contribution is 2.20. The van der Waals surface area contributed by atoms with Gasteiger partial charge in [0, 0.05) is 19.3 Å². The molecule has 4 aromatic rings. The molecular formula is C19H21N5. The molecule has 122 valence electrons. The maximum Gasteiger partial charge on any atom is 0.128 e. The zero-order valence-electron chi connectivity index (χ0n) is 14.0. The van der Waals surface area contributed by atoms with Gasteiger partial charge in [-0.3, -0.25) is 0 Å². The van der Waals surface area contributed by atoms with Crippen LogP contribution < -0.4 is 5.32 Å². The van der Waals surface area contributed by atoms with E-state index in [1.165, 1.54) is 5.52 Å². The summed E-state index contributed by atoms with van der Waals surface area (Å²) in [6.07, 6.45) is 3.03. The molecule has 4 rings (SSSR count). The zero-order chi connectivity index (χ0) is 16.5. The number of benzene rings is 2. The first-order chi connectivity index (χ1) is 11.8. The van der Waals surface area contributed by atoms with E-state index >= 15 is 0 Å². The summed E-state index contributed by atoms with van der Waals surface area (Å²) in [4.78, 5) is 9.21. The lowest BCUT2D eigenvalue weighted by molar-refractivity contribution is 0.697. The summed E-state index contributed by atoms with van der Waals surface area (Å²) in [6, 6.07) is 14.6. The number of anilines is 1. The highest BCUT2D eigenvalue weighted by Gasteiger charge is 2.07. The number of imidazole rings is 2. The van der Waals surface area contributed by atoms with Crippen LogP contribution in [-0.4, -0.2) is 19.1 Å². The Morgan fingerprint density at radius 2 is 1.92 bits per heavy atom. The fraction of sp³-hybridized carbons (Fsp3) is 0.263. The molecule has 5 heteroatoms. The van der Waals surface area contributed by atoms with Crippen LogP contribution in [0, 0.1) is 0 Å². The van der Waals surface area contributed by atoms with Crippen LogP contribution in [0.4, 0.5) is 5.69 Å². The van der Waals surface area contributed by atoms with Crippen molar-refractivity contribution in [2.45, 2.75) is 26.4 Å². The number of rotatable bonds is 5. The van der Waals surface area contributed by atoms with Gasteiger partial charge in [-0.05, 0) is 36.8 Å². The maximum absolute atomic E-state index is 4.70. The van der Waals surface area contributed by atoms with E-state index in [4.69, 9.17) is 4.98 Å². The van der Waals surface area contributed by atoms with Crippen LogP contribution in [0.25, 0.3) is 22.1 Å². The van der Waals surface area contributed by atoms with Crippen LogP contribution >= 0.6 is 0 Å². The molecule has 0 amide bonds. The average molecular weight is 319 g/mol. The summed E-state index contributed by atoms with van der Waals surface area (Å²) in [7, 11) is 2.06. The van der Waals surface area contributed by atoms with Crippen LogP contribution in [0.1, 0.15) is 19.2 Å². The molecule has 2 aromatic heterocycles. The van der Waals surface area contributed by atoms with Gasteiger partial charge in [0.2, 0.25) is 0 Å². The number of nitrogens with zero attached hydrogens (tertiary/aromatic N) is 4. The lowest BCUT2D eigenvalue weighted by Gasteiger charge is -2.07. The van der Waals surface area contributed by atoms with Gasteiger partial charge >= 0.3 is 0 Å². The molecule has 5 nitrogen and oxygen atoms in total. The van der Waals surface area contributed by atoms with E-state index in [0.29, 0.717) is 6.54 Å². The van der Waals surface area contributed by atoms with E-state index in [2.05, 4.69) is 57.7 Å². The molecule has 0 saturated carbocycles. The minimum absolute atomic E-state index is 0.687. The second-order valence-corrected chi connectivity index (χ2v) is 6.07. The largest absolute Gasteiger partial charge is 0.378 e. The molecule has 0 aliphatic rings. The molecule has 0 fully saturated rings. The number of para-hydroxylation sites is 2. The third-order valence-electron chi connectivity index (χ3n) is 4.42. The Morgan fingerprint density at radius 1 is 1.04 bits per heavy atom. The summed E-state index contributed by atoms with van der Waals surface area (Å²) in [6.45, 7) is 3.87. The lowest BCUT2D eigenvalue weighted by Crippen LogP contribution is -2.05. The van der Waals surface area contributed by atoms with Gasteiger partial charge in [-0.25, -0.2) is 9.97 Å². The van der Waals surface area contributed by atoms with Crippen molar-refractivity contribution in [3.8, 4) is 0 Å². The van der Waals surface area contributed by atoms with E-state index in [-0.39, 0.29) is 0 Å². The van der Waals surface area contributed by atoms with E-state index in [1.807, 2.05) is 24.5 Å². The molecular weight excluding hydrogens is 298 g/mol. The minimum atomic E-state index is 0.687. The second kappa shape index (κ2) is 6.00. The van der Waals surface area contributed by atoms with Crippen molar-refractivity contribution >= 4 is 27.8 Å². The Balaban J connectivity index is 1.56. The van der Waals surface area contributed by atoms with E-state index in [9.17, 15) is 0 Å². The number of nitrogens with one attached hydrogen (secondary N) is 1. The summed E-state index contributed by atoms with van der Waals surface area (Å²) in [5.74, 6) is 1.02. The maximum atomic E-state index is 4.70. The molecule has 2 aromatic carbocycles.